The fourth-order valence-corrected chi connectivity index (χ4v) is 8.44. The number of esters is 1. The van der Waals surface area contributed by atoms with Crippen molar-refractivity contribution in [2.24, 2.45) is 0 Å². The molecule has 1 amide bonds. The van der Waals surface area contributed by atoms with Crippen molar-refractivity contribution in [3.63, 3.8) is 0 Å². The summed E-state index contributed by atoms with van der Waals surface area (Å²) in [6.07, 6.45) is 70.7. The van der Waals surface area contributed by atoms with Crippen LogP contribution in [0.3, 0.4) is 0 Å². The van der Waals surface area contributed by atoms with Crippen LogP contribution in [0.15, 0.2) is 109 Å². The Morgan fingerprint density at radius 2 is 0.932 bits per heavy atom. The largest absolute Gasteiger partial charge is 0.756 e. The molecule has 1 N–H and O–H groups in total. The predicted molar refractivity (Wildman–Crippen MR) is 311 cm³/mol. The van der Waals surface area contributed by atoms with E-state index in [1.165, 1.54) is 96.3 Å². The molecule has 0 aliphatic heterocycles. The summed E-state index contributed by atoms with van der Waals surface area (Å²) in [5.41, 5.74) is 0. The summed E-state index contributed by atoms with van der Waals surface area (Å²) in [6.45, 7) is 6.63. The molecule has 0 fully saturated rings. The molecule has 0 rings (SSSR count). The summed E-state index contributed by atoms with van der Waals surface area (Å²) in [5, 5.41) is 2.98. The average molecular weight is 1040 g/mol. The third kappa shape index (κ3) is 53.3. The Bertz CT molecular complexity index is 1620. The first-order valence-corrected chi connectivity index (χ1v) is 30.7. The van der Waals surface area contributed by atoms with E-state index in [9.17, 15) is 19.0 Å². The third-order valence-electron chi connectivity index (χ3n) is 12.2. The van der Waals surface area contributed by atoms with E-state index < -0.39 is 32.5 Å². The summed E-state index contributed by atoms with van der Waals surface area (Å²) >= 11 is 0. The highest BCUT2D eigenvalue weighted by atomic mass is 31.2. The Balaban J connectivity index is 5.51. The molecule has 0 radical (unpaired) electrons. The molecule has 73 heavy (non-hydrogen) atoms. The lowest BCUT2D eigenvalue weighted by molar-refractivity contribution is -0.870. The van der Waals surface area contributed by atoms with E-state index in [4.69, 9.17) is 13.8 Å². The minimum atomic E-state index is -4.72. The van der Waals surface area contributed by atoms with Crippen LogP contribution in [0.2, 0.25) is 0 Å². The predicted octanol–water partition coefficient (Wildman–Crippen LogP) is 17.1. The lowest BCUT2D eigenvalue weighted by Crippen LogP contribution is -2.47. The molecule has 0 aliphatic rings. The molecule has 0 saturated carbocycles. The second-order valence-electron chi connectivity index (χ2n) is 20.4. The highest BCUT2D eigenvalue weighted by Crippen LogP contribution is 2.38. The molecule has 0 aromatic heterocycles. The fourth-order valence-electron chi connectivity index (χ4n) is 7.71. The van der Waals surface area contributed by atoms with Gasteiger partial charge in [0.2, 0.25) is 5.91 Å². The van der Waals surface area contributed by atoms with Crippen molar-refractivity contribution in [3.8, 4) is 0 Å². The lowest BCUT2D eigenvalue weighted by atomic mass is 10.1. The van der Waals surface area contributed by atoms with Crippen LogP contribution >= 0.6 is 7.82 Å². The van der Waals surface area contributed by atoms with Crippen LogP contribution in [0, 0.1) is 0 Å². The molecule has 3 unspecified atom stereocenters. The minimum absolute atomic E-state index is 0.0438. The van der Waals surface area contributed by atoms with Crippen LogP contribution < -0.4 is 10.2 Å². The van der Waals surface area contributed by atoms with Gasteiger partial charge in [0, 0.05) is 12.8 Å². The molecule has 0 saturated heterocycles. The third-order valence-corrected chi connectivity index (χ3v) is 13.2. The number of nitrogens with zero attached hydrogens (tertiary/aromatic N) is 1. The number of amides is 1. The number of likely N-dealkylation sites (N-methyl/N-ethyl adjacent to an activating group) is 1. The number of nitrogens with one attached hydrogen (secondary N) is 1. The molecule has 0 spiro atoms. The highest BCUT2D eigenvalue weighted by Gasteiger charge is 2.27. The van der Waals surface area contributed by atoms with Gasteiger partial charge in [-0.3, -0.25) is 14.2 Å². The van der Waals surface area contributed by atoms with Gasteiger partial charge in [-0.25, -0.2) is 0 Å². The lowest BCUT2D eigenvalue weighted by Gasteiger charge is -2.30. The van der Waals surface area contributed by atoms with Crippen molar-refractivity contribution in [2.45, 2.75) is 238 Å². The van der Waals surface area contributed by atoms with Gasteiger partial charge in [0.05, 0.1) is 33.8 Å². The van der Waals surface area contributed by atoms with Crippen LogP contribution in [-0.2, 0) is 27.9 Å². The van der Waals surface area contributed by atoms with E-state index in [0.717, 1.165) is 83.5 Å². The molecule has 10 heteroatoms. The Labute approximate surface area is 449 Å². The summed E-state index contributed by atoms with van der Waals surface area (Å²) in [5.74, 6) is -0.677. The van der Waals surface area contributed by atoms with Crippen molar-refractivity contribution in [3.05, 3.63) is 109 Å². The van der Waals surface area contributed by atoms with E-state index in [0.29, 0.717) is 23.9 Å². The number of hydrogen-bond acceptors (Lipinski definition) is 7. The highest BCUT2D eigenvalue weighted by molar-refractivity contribution is 7.45. The van der Waals surface area contributed by atoms with Crippen LogP contribution in [0.5, 0.6) is 0 Å². The number of rotatable bonds is 51. The van der Waals surface area contributed by atoms with E-state index in [1.54, 1.807) is 6.08 Å². The number of phosphoric ester groups is 1. The van der Waals surface area contributed by atoms with Gasteiger partial charge in [-0.1, -0.05) is 227 Å². The Morgan fingerprint density at radius 3 is 1.40 bits per heavy atom. The zero-order chi connectivity index (χ0) is 53.6. The molecular formula is C63H109N2O7P. The quantitative estimate of drug-likeness (QED) is 0.0161. The van der Waals surface area contributed by atoms with Crippen molar-refractivity contribution < 1.29 is 37.3 Å². The van der Waals surface area contributed by atoms with Crippen molar-refractivity contribution >= 4 is 19.7 Å². The maximum atomic E-state index is 13.5. The zero-order valence-corrected chi connectivity index (χ0v) is 48.4. The van der Waals surface area contributed by atoms with Crippen LogP contribution in [0.4, 0.5) is 0 Å². The smallest absolute Gasteiger partial charge is 0.306 e. The summed E-state index contributed by atoms with van der Waals surface area (Å²) in [4.78, 5) is 39.8. The van der Waals surface area contributed by atoms with Crippen molar-refractivity contribution in [2.75, 3.05) is 40.9 Å². The van der Waals surface area contributed by atoms with Gasteiger partial charge in [0.1, 0.15) is 19.3 Å². The molecule has 3 atom stereocenters. The number of hydrogen-bond donors (Lipinski definition) is 1. The van der Waals surface area contributed by atoms with Gasteiger partial charge >= 0.3 is 5.97 Å². The monoisotopic (exact) mass is 1040 g/mol. The van der Waals surface area contributed by atoms with Gasteiger partial charge in [-0.2, -0.15) is 0 Å². The van der Waals surface area contributed by atoms with Crippen molar-refractivity contribution in [1.29, 1.82) is 0 Å². The summed E-state index contributed by atoms with van der Waals surface area (Å²) in [6, 6.07) is -0.939. The van der Waals surface area contributed by atoms with E-state index >= 15 is 0 Å². The van der Waals surface area contributed by atoms with Crippen LogP contribution in [0.1, 0.15) is 226 Å². The molecule has 0 aromatic carbocycles. The average Bonchev–Trinajstić information content (AvgIpc) is 3.35. The number of carbonyl (C=O) groups excluding carboxylic acids is 2. The Morgan fingerprint density at radius 1 is 0.507 bits per heavy atom. The molecule has 0 aromatic rings. The first-order valence-electron chi connectivity index (χ1n) is 29.2. The van der Waals surface area contributed by atoms with Gasteiger partial charge in [0.15, 0.2) is 0 Å². The van der Waals surface area contributed by atoms with Gasteiger partial charge in [0.25, 0.3) is 7.82 Å². The first kappa shape index (κ1) is 69.7. The second kappa shape index (κ2) is 52.1. The topological polar surface area (TPSA) is 114 Å². The number of ether oxygens (including phenoxy) is 1. The Kier molecular flexibility index (Phi) is 49.7. The maximum Gasteiger partial charge on any atom is 0.306 e. The van der Waals surface area contributed by atoms with Crippen LogP contribution in [-0.4, -0.2) is 69.4 Å². The normalized spacial score (nSPS) is 14.6. The number of phosphoric acid groups is 1. The van der Waals surface area contributed by atoms with E-state index in [-0.39, 0.29) is 25.4 Å². The minimum Gasteiger partial charge on any atom is -0.756 e. The van der Waals surface area contributed by atoms with Gasteiger partial charge < -0.3 is 28.5 Å². The number of quaternary nitrogens is 1. The molecular weight excluding hydrogens is 928 g/mol. The summed E-state index contributed by atoms with van der Waals surface area (Å²) < 4.78 is 30.1. The Hall–Kier alpha value is -3.33. The molecule has 418 valence electrons. The van der Waals surface area contributed by atoms with Gasteiger partial charge in [-0.05, 0) is 96.0 Å². The van der Waals surface area contributed by atoms with Gasteiger partial charge in [-0.15, -0.1) is 0 Å². The maximum absolute atomic E-state index is 13.5. The van der Waals surface area contributed by atoms with E-state index in [1.807, 2.05) is 39.4 Å². The molecule has 0 aliphatic carbocycles. The van der Waals surface area contributed by atoms with E-state index in [2.05, 4.69) is 111 Å². The molecule has 9 nitrogen and oxygen atoms in total. The summed E-state index contributed by atoms with van der Waals surface area (Å²) in [7, 11) is 1.11. The number of allylic oxidation sites excluding steroid dienone is 17. The number of unbranched alkanes of at least 4 members (excludes halogenated alkanes) is 20. The fraction of sp³-hybridized carbons (Fsp3) is 0.683. The molecule has 0 bridgehead atoms. The SMILES string of the molecule is CC/C=C\C/C=C\C/C=C\C/C=C\C/C=C\C/C=C\CCC(=O)OC(/C=C/CCCCCCCCCCCC)C(COP(=O)([O-])OCC[N+](C)(C)C)NC(=O)CCCCC/C=C/C=C/CCCCCCCCC. The first-order chi connectivity index (χ1) is 35.4. The second-order valence-corrected chi connectivity index (χ2v) is 21.8. The number of carbonyl (C=O) groups is 2. The standard InChI is InChI=1S/C63H109N2O7P/c1-7-10-13-16-19-22-25-28-30-32-33-34-36-38-41-44-47-50-53-56-63(67)72-61(54-51-48-45-42-39-27-24-21-18-15-12-9-3)60(59-71-73(68,69)70-58-57-65(4,5)6)64-62(66)55-52-49-46-43-40-37-35-31-29-26-23-20-17-14-11-8-2/h10,13,19,22,28,30-31,33-35,37-38,40-41,47,50-51,54,60-61H,7-9,11-12,14-18,20-21,23-27,29,32,36,39,42-46,48-49,52-53,55-59H2,1-6H3,(H-,64,66,68,69)/b13-10-,22-19-,30-28-,34-33-,35-31+,40-37+,41-38-,50-47-,54-51+. The van der Waals surface area contributed by atoms with Crippen molar-refractivity contribution in [1.82, 2.24) is 5.32 Å². The zero-order valence-electron chi connectivity index (χ0n) is 47.5. The van der Waals surface area contributed by atoms with Crippen LogP contribution in [0.25, 0.3) is 0 Å². The molecule has 0 heterocycles.